The summed E-state index contributed by atoms with van der Waals surface area (Å²) in [4.78, 5) is 0. The third-order valence-electron chi connectivity index (χ3n) is 6.31. The van der Waals surface area contributed by atoms with Crippen LogP contribution in [0.5, 0.6) is 0 Å². The second-order valence-electron chi connectivity index (χ2n) is 8.65. The molecule has 2 aliphatic rings. The van der Waals surface area contributed by atoms with Crippen LogP contribution < -0.4 is 17.0 Å². The fourth-order valence-electron chi connectivity index (χ4n) is 4.55. The Labute approximate surface area is 222 Å². The molecule has 2 aliphatic heterocycles. The number of fused-ring (bicyclic) bond motifs is 2. The third kappa shape index (κ3) is 4.31. The SMILES string of the molecule is NC(=S)N/N=C1/C[C@H](n2nc(-n3nc(-c4ccccc4)cc3-c3ccccc3)n(N)c2=S)[C@@H]2CO[C@@H]1O2. The van der Waals surface area contributed by atoms with E-state index in [2.05, 4.69) is 10.5 Å². The predicted octanol–water partition coefficient (Wildman–Crippen LogP) is 2.52. The highest BCUT2D eigenvalue weighted by Gasteiger charge is 2.44. The Morgan fingerprint density at radius 3 is 2.46 bits per heavy atom. The van der Waals surface area contributed by atoms with E-state index >= 15 is 0 Å². The van der Waals surface area contributed by atoms with Crippen molar-refractivity contribution in [3.63, 3.8) is 0 Å². The largest absolute Gasteiger partial charge is 0.375 e. The zero-order valence-corrected chi connectivity index (χ0v) is 21.1. The van der Waals surface area contributed by atoms with E-state index in [1.165, 1.54) is 4.68 Å². The number of hydrogen-bond donors (Lipinski definition) is 3. The quantitative estimate of drug-likeness (QED) is 0.201. The molecule has 4 aromatic rings. The van der Waals surface area contributed by atoms with Crippen LogP contribution in [0.2, 0.25) is 0 Å². The van der Waals surface area contributed by atoms with E-state index in [-0.39, 0.29) is 17.3 Å². The molecule has 0 radical (unpaired) electrons. The van der Waals surface area contributed by atoms with E-state index < -0.39 is 6.29 Å². The molecule has 188 valence electrons. The first kappa shape index (κ1) is 23.5. The van der Waals surface area contributed by atoms with E-state index in [1.807, 2.05) is 66.7 Å². The van der Waals surface area contributed by atoms with Gasteiger partial charge in [0.05, 0.1) is 29.7 Å². The molecule has 6 rings (SSSR count). The van der Waals surface area contributed by atoms with Crippen LogP contribution in [0.3, 0.4) is 0 Å². The number of hydrazone groups is 1. The summed E-state index contributed by atoms with van der Waals surface area (Å²) in [6.45, 7) is 0.366. The normalized spacial score (nSPS) is 21.8. The van der Waals surface area contributed by atoms with Gasteiger partial charge >= 0.3 is 0 Å². The molecule has 0 unspecified atom stereocenters. The van der Waals surface area contributed by atoms with Gasteiger partial charge in [-0.2, -0.15) is 19.6 Å². The minimum Gasteiger partial charge on any atom is -0.375 e. The highest BCUT2D eigenvalue weighted by atomic mass is 32.1. The van der Waals surface area contributed by atoms with Gasteiger partial charge in [-0.1, -0.05) is 60.7 Å². The van der Waals surface area contributed by atoms with Crippen LogP contribution in [0.25, 0.3) is 28.5 Å². The molecule has 0 aliphatic carbocycles. The van der Waals surface area contributed by atoms with E-state index in [0.717, 1.165) is 22.5 Å². The number of hydrogen-bond acceptors (Lipinski definition) is 8. The molecule has 5 N–H and O–H groups in total. The molecule has 0 saturated carbocycles. The molecule has 2 bridgehead atoms. The lowest BCUT2D eigenvalue weighted by atomic mass is 10.0. The summed E-state index contributed by atoms with van der Waals surface area (Å²) in [6, 6.07) is 21.6. The Hall–Kier alpha value is -3.91. The van der Waals surface area contributed by atoms with Crippen molar-refractivity contribution in [3.05, 3.63) is 71.5 Å². The van der Waals surface area contributed by atoms with Gasteiger partial charge < -0.3 is 21.1 Å². The Morgan fingerprint density at radius 1 is 1.05 bits per heavy atom. The highest BCUT2D eigenvalue weighted by molar-refractivity contribution is 7.80. The van der Waals surface area contributed by atoms with Crippen molar-refractivity contribution in [1.82, 2.24) is 29.7 Å². The Balaban J connectivity index is 1.44. The summed E-state index contributed by atoms with van der Waals surface area (Å²) < 4.78 is 16.8. The summed E-state index contributed by atoms with van der Waals surface area (Å²) in [5.41, 5.74) is 12.3. The van der Waals surface area contributed by atoms with Crippen LogP contribution in [0, 0.1) is 4.77 Å². The van der Waals surface area contributed by atoms with Crippen molar-refractivity contribution in [2.24, 2.45) is 10.8 Å². The van der Waals surface area contributed by atoms with Gasteiger partial charge in [0, 0.05) is 17.5 Å². The molecule has 2 aromatic carbocycles. The van der Waals surface area contributed by atoms with Crippen molar-refractivity contribution in [3.8, 4) is 28.5 Å². The number of thiocarbonyl (C=S) groups is 1. The monoisotopic (exact) mass is 533 g/mol. The lowest BCUT2D eigenvalue weighted by Gasteiger charge is -2.28. The standard InChI is InChI=1S/C24H23N9O2S2/c25-22(36)28-27-17-12-19(20-13-34-21(17)35-20)33-24(37)31(26)23(30-33)32-18(15-9-5-2-6-10-15)11-16(29-32)14-7-3-1-4-8-14/h1-11,19-21H,12-13,26H2,(H3,25,28,36)/b27-17-/t19-,20-,21+/m0/s1. The second-order valence-corrected chi connectivity index (χ2v) is 9.45. The van der Waals surface area contributed by atoms with Gasteiger partial charge in [-0.3, -0.25) is 5.43 Å². The van der Waals surface area contributed by atoms with E-state index in [4.69, 9.17) is 55.7 Å². The van der Waals surface area contributed by atoms with Crippen LogP contribution in [-0.4, -0.2) is 54.1 Å². The smallest absolute Gasteiger partial charge is 0.270 e. The molecule has 2 aromatic heterocycles. The van der Waals surface area contributed by atoms with Gasteiger partial charge in [0.25, 0.3) is 5.95 Å². The maximum Gasteiger partial charge on any atom is 0.270 e. The van der Waals surface area contributed by atoms with Gasteiger partial charge in [0.2, 0.25) is 4.77 Å². The molecule has 37 heavy (non-hydrogen) atoms. The first-order chi connectivity index (χ1) is 18.0. The number of rotatable bonds is 5. The predicted molar refractivity (Wildman–Crippen MR) is 145 cm³/mol. The summed E-state index contributed by atoms with van der Waals surface area (Å²) >= 11 is 10.6. The number of ether oxygens (including phenoxy) is 2. The van der Waals surface area contributed by atoms with E-state index in [1.54, 1.807) is 9.36 Å². The van der Waals surface area contributed by atoms with Crippen molar-refractivity contribution in [2.75, 3.05) is 12.4 Å². The minimum absolute atomic E-state index is 0.0515. The Kier molecular flexibility index (Phi) is 6.04. The molecule has 0 spiro atoms. The number of benzene rings is 2. The van der Waals surface area contributed by atoms with Crippen molar-refractivity contribution in [1.29, 1.82) is 0 Å². The summed E-state index contributed by atoms with van der Waals surface area (Å²) in [5.74, 6) is 6.85. The number of nitrogen functional groups attached to an aromatic ring is 1. The van der Waals surface area contributed by atoms with E-state index in [9.17, 15) is 0 Å². The molecule has 2 saturated heterocycles. The molecule has 2 fully saturated rings. The van der Waals surface area contributed by atoms with Crippen LogP contribution >= 0.6 is 24.4 Å². The van der Waals surface area contributed by atoms with Gasteiger partial charge in [0.1, 0.15) is 6.10 Å². The molecule has 11 nitrogen and oxygen atoms in total. The van der Waals surface area contributed by atoms with Crippen LogP contribution in [0.1, 0.15) is 12.5 Å². The first-order valence-electron chi connectivity index (χ1n) is 11.6. The van der Waals surface area contributed by atoms with Gasteiger partial charge in [0.15, 0.2) is 11.4 Å². The third-order valence-corrected chi connectivity index (χ3v) is 6.78. The molecule has 0 amide bonds. The zero-order valence-electron chi connectivity index (χ0n) is 19.5. The van der Waals surface area contributed by atoms with Crippen LogP contribution in [0.4, 0.5) is 0 Å². The molecule has 3 atom stereocenters. The summed E-state index contributed by atoms with van der Waals surface area (Å²) in [6.07, 6.45) is -0.370. The van der Waals surface area contributed by atoms with E-state index in [0.29, 0.717) is 29.5 Å². The average molecular weight is 534 g/mol. The van der Waals surface area contributed by atoms with Crippen LogP contribution in [0.15, 0.2) is 71.8 Å². The molecular formula is C24H23N9O2S2. The van der Waals surface area contributed by atoms with Gasteiger partial charge in [-0.05, 0) is 30.5 Å². The van der Waals surface area contributed by atoms with Crippen molar-refractivity contribution >= 4 is 35.3 Å². The summed E-state index contributed by atoms with van der Waals surface area (Å²) in [7, 11) is 0. The zero-order chi connectivity index (χ0) is 25.5. The maximum atomic E-state index is 6.49. The average Bonchev–Trinajstić information content (AvgIpc) is 3.62. The van der Waals surface area contributed by atoms with Crippen molar-refractivity contribution < 1.29 is 9.47 Å². The molecule has 13 heteroatoms. The summed E-state index contributed by atoms with van der Waals surface area (Å²) in [5, 5.41) is 14.0. The molecular weight excluding hydrogens is 510 g/mol. The lowest BCUT2D eigenvalue weighted by Crippen LogP contribution is -2.39. The fourth-order valence-corrected chi connectivity index (χ4v) is 4.85. The van der Waals surface area contributed by atoms with Crippen molar-refractivity contribution in [2.45, 2.75) is 24.9 Å². The topological polar surface area (TPSA) is 135 Å². The molecule has 4 heterocycles. The van der Waals surface area contributed by atoms with Gasteiger partial charge in [-0.25, -0.2) is 4.68 Å². The number of nitrogens with two attached hydrogens (primary N) is 2. The maximum absolute atomic E-state index is 6.49. The Morgan fingerprint density at radius 2 is 1.76 bits per heavy atom. The lowest BCUT2D eigenvalue weighted by molar-refractivity contribution is -0.0323. The van der Waals surface area contributed by atoms with Crippen LogP contribution in [-0.2, 0) is 9.47 Å². The Bertz CT molecular complexity index is 1550. The number of nitrogens with one attached hydrogen (secondary N) is 1. The number of nitrogens with zero attached hydrogens (tertiary/aromatic N) is 6. The second kappa shape index (κ2) is 9.52. The highest BCUT2D eigenvalue weighted by Crippen LogP contribution is 2.34. The van der Waals surface area contributed by atoms with Gasteiger partial charge in [-0.15, -0.1) is 5.10 Å². The first-order valence-corrected chi connectivity index (χ1v) is 12.4. The minimum atomic E-state index is -0.569. The fraction of sp³-hybridized carbons (Fsp3) is 0.208. The number of aromatic nitrogens is 5.